The first kappa shape index (κ1) is 20.7. The zero-order chi connectivity index (χ0) is 21.3. The second kappa shape index (κ2) is 8.28. The van der Waals surface area contributed by atoms with Crippen LogP contribution in [0.5, 0.6) is 11.5 Å². The van der Waals surface area contributed by atoms with E-state index in [-0.39, 0.29) is 23.3 Å². The SMILES string of the molecule is CCOc1cc(CNS(=O)(=O)c2ccc3c(c2)CCN3C(=O)C2CC2)ccc1OC. The van der Waals surface area contributed by atoms with E-state index < -0.39 is 10.0 Å². The lowest BCUT2D eigenvalue weighted by Crippen LogP contribution is -2.30. The molecule has 2 aromatic carbocycles. The Morgan fingerprint density at radius 3 is 2.67 bits per heavy atom. The molecule has 1 fully saturated rings. The number of carbonyl (C=O) groups excluding carboxylic acids is 1. The molecule has 0 spiro atoms. The standard InChI is InChI=1S/C22H26N2O5S/c1-3-29-21-12-15(4-9-20(21)28-2)14-23-30(26,27)18-7-8-19-17(13-18)10-11-24(19)22(25)16-5-6-16/h4,7-9,12-13,16,23H,3,5-6,10-11,14H2,1-2H3. The summed E-state index contributed by atoms with van der Waals surface area (Å²) in [5, 5.41) is 0. The van der Waals surface area contributed by atoms with Gasteiger partial charge in [0.15, 0.2) is 11.5 Å². The number of nitrogens with one attached hydrogen (secondary N) is 1. The van der Waals surface area contributed by atoms with Gasteiger partial charge in [-0.25, -0.2) is 13.1 Å². The zero-order valence-corrected chi connectivity index (χ0v) is 18.0. The van der Waals surface area contributed by atoms with Crippen molar-refractivity contribution in [3.63, 3.8) is 0 Å². The van der Waals surface area contributed by atoms with E-state index >= 15 is 0 Å². The number of hydrogen-bond donors (Lipinski definition) is 1. The third-order valence-corrected chi connectivity index (χ3v) is 6.84. The molecule has 1 N–H and O–H groups in total. The third-order valence-electron chi connectivity index (χ3n) is 5.44. The van der Waals surface area contributed by atoms with Gasteiger partial charge in [0.2, 0.25) is 15.9 Å². The fourth-order valence-electron chi connectivity index (χ4n) is 3.69. The number of anilines is 1. The van der Waals surface area contributed by atoms with Crippen LogP contribution in [0.3, 0.4) is 0 Å². The maximum Gasteiger partial charge on any atom is 0.240 e. The number of carbonyl (C=O) groups is 1. The van der Waals surface area contributed by atoms with Crippen LogP contribution in [0.15, 0.2) is 41.3 Å². The van der Waals surface area contributed by atoms with Crippen LogP contribution in [0.4, 0.5) is 5.69 Å². The first-order valence-electron chi connectivity index (χ1n) is 10.2. The lowest BCUT2D eigenvalue weighted by atomic mass is 10.2. The summed E-state index contributed by atoms with van der Waals surface area (Å²) in [5.74, 6) is 1.49. The monoisotopic (exact) mass is 430 g/mol. The van der Waals surface area contributed by atoms with E-state index in [1.807, 2.05) is 6.92 Å². The van der Waals surface area contributed by atoms with Crippen molar-refractivity contribution in [3.05, 3.63) is 47.5 Å². The Labute approximate surface area is 177 Å². The van der Waals surface area contributed by atoms with E-state index in [2.05, 4.69) is 4.72 Å². The Balaban J connectivity index is 1.48. The van der Waals surface area contributed by atoms with Crippen molar-refractivity contribution in [2.75, 3.05) is 25.2 Å². The van der Waals surface area contributed by atoms with Crippen LogP contribution in [-0.4, -0.2) is 34.6 Å². The van der Waals surface area contributed by atoms with Gasteiger partial charge in [-0.1, -0.05) is 6.07 Å². The van der Waals surface area contributed by atoms with Gasteiger partial charge in [0.25, 0.3) is 0 Å². The molecular weight excluding hydrogens is 404 g/mol. The van der Waals surface area contributed by atoms with Crippen LogP contribution < -0.4 is 19.1 Å². The second-order valence-corrected chi connectivity index (χ2v) is 9.31. The molecule has 1 heterocycles. The van der Waals surface area contributed by atoms with Gasteiger partial charge in [-0.3, -0.25) is 4.79 Å². The van der Waals surface area contributed by atoms with E-state index in [4.69, 9.17) is 9.47 Å². The Bertz CT molecular complexity index is 1060. The molecule has 0 aromatic heterocycles. The maximum absolute atomic E-state index is 12.8. The van der Waals surface area contributed by atoms with Crippen molar-refractivity contribution in [1.82, 2.24) is 4.72 Å². The van der Waals surface area contributed by atoms with Crippen LogP contribution in [0.2, 0.25) is 0 Å². The van der Waals surface area contributed by atoms with Crippen molar-refractivity contribution >= 4 is 21.6 Å². The molecular formula is C22H26N2O5S. The number of ether oxygens (including phenoxy) is 2. The molecule has 8 heteroatoms. The normalized spacial score (nSPS) is 15.7. The molecule has 0 atom stereocenters. The molecule has 4 rings (SSSR count). The molecule has 2 aliphatic rings. The molecule has 160 valence electrons. The molecule has 2 aromatic rings. The van der Waals surface area contributed by atoms with Gasteiger partial charge in [0, 0.05) is 24.7 Å². The highest BCUT2D eigenvalue weighted by molar-refractivity contribution is 7.89. The summed E-state index contributed by atoms with van der Waals surface area (Å²) in [7, 11) is -2.13. The molecule has 30 heavy (non-hydrogen) atoms. The van der Waals surface area contributed by atoms with Gasteiger partial charge >= 0.3 is 0 Å². The van der Waals surface area contributed by atoms with E-state index in [1.54, 1.807) is 48.4 Å². The lowest BCUT2D eigenvalue weighted by molar-refractivity contribution is -0.119. The molecule has 0 unspecified atom stereocenters. The Morgan fingerprint density at radius 1 is 1.17 bits per heavy atom. The van der Waals surface area contributed by atoms with Gasteiger partial charge in [-0.15, -0.1) is 0 Å². The molecule has 0 bridgehead atoms. The number of methoxy groups -OCH3 is 1. The molecule has 1 amide bonds. The van der Waals surface area contributed by atoms with Crippen LogP contribution in [0, 0.1) is 5.92 Å². The van der Waals surface area contributed by atoms with Crippen molar-refractivity contribution in [3.8, 4) is 11.5 Å². The van der Waals surface area contributed by atoms with Gasteiger partial charge in [0.05, 0.1) is 18.6 Å². The Morgan fingerprint density at radius 2 is 1.97 bits per heavy atom. The first-order valence-corrected chi connectivity index (χ1v) is 11.6. The number of fused-ring (bicyclic) bond motifs is 1. The molecule has 1 aliphatic carbocycles. The average molecular weight is 431 g/mol. The zero-order valence-electron chi connectivity index (χ0n) is 17.2. The highest BCUT2D eigenvalue weighted by Gasteiger charge is 2.36. The van der Waals surface area contributed by atoms with Crippen LogP contribution in [0.25, 0.3) is 0 Å². The molecule has 7 nitrogen and oxygen atoms in total. The summed E-state index contributed by atoms with van der Waals surface area (Å²) >= 11 is 0. The second-order valence-electron chi connectivity index (χ2n) is 7.55. The average Bonchev–Trinajstić information content (AvgIpc) is 3.51. The maximum atomic E-state index is 12.8. The molecule has 1 saturated carbocycles. The van der Waals surface area contributed by atoms with Crippen molar-refractivity contribution < 1.29 is 22.7 Å². The van der Waals surface area contributed by atoms with Gasteiger partial charge < -0.3 is 14.4 Å². The van der Waals surface area contributed by atoms with Gasteiger partial charge in [-0.05, 0) is 67.6 Å². The topological polar surface area (TPSA) is 84.9 Å². The highest BCUT2D eigenvalue weighted by Crippen LogP contribution is 2.37. The van der Waals surface area contributed by atoms with Gasteiger partial charge in [0.1, 0.15) is 0 Å². The lowest BCUT2D eigenvalue weighted by Gasteiger charge is -2.17. The summed E-state index contributed by atoms with van der Waals surface area (Å²) in [5.41, 5.74) is 2.50. The fraction of sp³-hybridized carbons (Fsp3) is 0.409. The van der Waals surface area contributed by atoms with Crippen molar-refractivity contribution in [1.29, 1.82) is 0 Å². The van der Waals surface area contributed by atoms with Crippen molar-refractivity contribution in [2.45, 2.75) is 37.6 Å². The number of rotatable bonds is 8. The first-order chi connectivity index (χ1) is 14.4. The fourth-order valence-corrected chi connectivity index (χ4v) is 4.75. The minimum Gasteiger partial charge on any atom is -0.493 e. The van der Waals surface area contributed by atoms with Crippen LogP contribution >= 0.6 is 0 Å². The summed E-state index contributed by atoms with van der Waals surface area (Å²) in [6, 6.07) is 10.3. The molecule has 0 saturated heterocycles. The smallest absolute Gasteiger partial charge is 0.240 e. The predicted molar refractivity (Wildman–Crippen MR) is 113 cm³/mol. The van der Waals surface area contributed by atoms with E-state index in [0.717, 1.165) is 29.7 Å². The number of sulfonamides is 1. The third kappa shape index (κ3) is 4.15. The van der Waals surface area contributed by atoms with E-state index in [9.17, 15) is 13.2 Å². The van der Waals surface area contributed by atoms with Crippen LogP contribution in [-0.2, 0) is 27.8 Å². The quantitative estimate of drug-likeness (QED) is 0.696. The summed E-state index contributed by atoms with van der Waals surface area (Å²) < 4.78 is 39.1. The number of benzene rings is 2. The number of amides is 1. The van der Waals surface area contributed by atoms with Crippen molar-refractivity contribution in [2.24, 2.45) is 5.92 Å². The largest absolute Gasteiger partial charge is 0.493 e. The highest BCUT2D eigenvalue weighted by atomic mass is 32.2. The van der Waals surface area contributed by atoms with Gasteiger partial charge in [-0.2, -0.15) is 0 Å². The Hall–Kier alpha value is -2.58. The van der Waals surface area contributed by atoms with E-state index in [0.29, 0.717) is 31.1 Å². The summed E-state index contributed by atoms with van der Waals surface area (Å²) in [6.45, 7) is 3.12. The minimum atomic E-state index is -3.69. The van der Waals surface area contributed by atoms with E-state index in [1.165, 1.54) is 0 Å². The minimum absolute atomic E-state index is 0.135. The summed E-state index contributed by atoms with van der Waals surface area (Å²) in [4.78, 5) is 14.4. The number of nitrogens with zero attached hydrogens (tertiary/aromatic N) is 1. The Kier molecular flexibility index (Phi) is 5.71. The summed E-state index contributed by atoms with van der Waals surface area (Å²) in [6.07, 6.45) is 2.59. The molecule has 0 radical (unpaired) electrons. The predicted octanol–water partition coefficient (Wildman–Crippen LogP) is 2.87. The number of hydrogen-bond acceptors (Lipinski definition) is 5. The molecule has 1 aliphatic heterocycles. The van der Waals surface area contributed by atoms with Crippen LogP contribution in [0.1, 0.15) is 30.9 Å².